The number of aromatic nitrogens is 6. The fraction of sp³-hybridized carbons (Fsp3) is 0.190. The zero-order valence-corrected chi connectivity index (χ0v) is 18.3. The molecule has 4 aromatic rings. The Morgan fingerprint density at radius 2 is 1.79 bits per heavy atom. The molecular formula is C21H14ClF3N6OS. The molecule has 5 rings (SSSR count). The number of halogens is 4. The van der Waals surface area contributed by atoms with Crippen LogP contribution < -0.4 is 5.56 Å². The monoisotopic (exact) mass is 490 g/mol. The summed E-state index contributed by atoms with van der Waals surface area (Å²) < 4.78 is 41.1. The average molecular weight is 491 g/mol. The van der Waals surface area contributed by atoms with Crippen molar-refractivity contribution < 1.29 is 13.2 Å². The highest BCUT2D eigenvalue weighted by atomic mass is 35.5. The fourth-order valence-electron chi connectivity index (χ4n) is 3.20. The van der Waals surface area contributed by atoms with Gasteiger partial charge in [-0.05, 0) is 48.9 Å². The number of alkyl halides is 3. The quantitative estimate of drug-likeness (QED) is 0.395. The number of hydrogen-bond donors (Lipinski definition) is 0. The highest BCUT2D eigenvalue weighted by molar-refractivity contribution is 7.99. The first-order chi connectivity index (χ1) is 15.8. The van der Waals surface area contributed by atoms with E-state index in [1.807, 2.05) is 34.9 Å². The first kappa shape index (κ1) is 21.7. The number of para-hydroxylation sites is 1. The van der Waals surface area contributed by atoms with Crippen molar-refractivity contribution in [1.82, 2.24) is 29.5 Å². The first-order valence-electron chi connectivity index (χ1n) is 9.83. The molecule has 1 aliphatic carbocycles. The van der Waals surface area contributed by atoms with Crippen molar-refractivity contribution in [3.8, 4) is 11.5 Å². The van der Waals surface area contributed by atoms with Gasteiger partial charge in [0.1, 0.15) is 10.8 Å². The topological polar surface area (TPSA) is 78.5 Å². The van der Waals surface area contributed by atoms with E-state index in [0.717, 1.165) is 52.9 Å². The maximum atomic E-state index is 12.8. The molecule has 12 heteroatoms. The van der Waals surface area contributed by atoms with E-state index in [0.29, 0.717) is 22.2 Å². The van der Waals surface area contributed by atoms with Gasteiger partial charge < -0.3 is 0 Å². The summed E-state index contributed by atoms with van der Waals surface area (Å²) in [5.74, 6) is 1.10. The Balaban J connectivity index is 1.49. The van der Waals surface area contributed by atoms with Gasteiger partial charge in [-0.25, -0.2) is 4.98 Å². The van der Waals surface area contributed by atoms with E-state index in [9.17, 15) is 18.0 Å². The normalized spacial score (nSPS) is 13.9. The Hall–Kier alpha value is -3.18. The van der Waals surface area contributed by atoms with Crippen LogP contribution in [0, 0.1) is 0 Å². The lowest BCUT2D eigenvalue weighted by Crippen LogP contribution is -2.23. The van der Waals surface area contributed by atoms with E-state index in [4.69, 9.17) is 11.6 Å². The zero-order chi connectivity index (χ0) is 23.2. The molecule has 0 spiro atoms. The molecular weight excluding hydrogens is 477 g/mol. The molecule has 0 amide bonds. The minimum absolute atomic E-state index is 0.0741. The molecule has 0 saturated heterocycles. The smallest absolute Gasteiger partial charge is 0.274 e. The maximum Gasteiger partial charge on any atom is 0.417 e. The molecule has 0 atom stereocenters. The van der Waals surface area contributed by atoms with Gasteiger partial charge in [-0.1, -0.05) is 29.8 Å². The highest BCUT2D eigenvalue weighted by Crippen LogP contribution is 2.42. The largest absolute Gasteiger partial charge is 0.417 e. The Morgan fingerprint density at radius 1 is 1.03 bits per heavy atom. The summed E-state index contributed by atoms with van der Waals surface area (Å²) in [5, 5.41) is 13.1. The van der Waals surface area contributed by atoms with Gasteiger partial charge in [-0.15, -0.1) is 10.2 Å². The van der Waals surface area contributed by atoms with Crippen LogP contribution in [0.4, 0.5) is 13.2 Å². The lowest BCUT2D eigenvalue weighted by molar-refractivity contribution is -0.137. The highest BCUT2D eigenvalue weighted by Gasteiger charge is 2.32. The Morgan fingerprint density at radius 3 is 2.42 bits per heavy atom. The number of hydrogen-bond acceptors (Lipinski definition) is 6. The van der Waals surface area contributed by atoms with Gasteiger partial charge in [0.2, 0.25) is 5.16 Å². The summed E-state index contributed by atoms with van der Waals surface area (Å²) in [4.78, 5) is 16.8. The van der Waals surface area contributed by atoms with Crippen LogP contribution in [0.1, 0.15) is 30.1 Å². The van der Waals surface area contributed by atoms with E-state index in [1.54, 1.807) is 0 Å². The van der Waals surface area contributed by atoms with Crippen molar-refractivity contribution in [1.29, 1.82) is 0 Å². The summed E-state index contributed by atoms with van der Waals surface area (Å²) in [6.07, 6.45) is -0.464. The van der Waals surface area contributed by atoms with Crippen LogP contribution in [0.3, 0.4) is 0 Å². The second-order valence-corrected chi connectivity index (χ2v) is 8.72. The van der Waals surface area contributed by atoms with Crippen LogP contribution in [0.25, 0.3) is 11.5 Å². The zero-order valence-electron chi connectivity index (χ0n) is 16.7. The van der Waals surface area contributed by atoms with E-state index in [1.165, 1.54) is 6.20 Å². The number of pyridine rings is 1. The molecule has 168 valence electrons. The standard InChI is InChI=1S/C21H14ClF3N6OS/c22-17-15(11-27-31(19(17)32)16-9-8-13(10-26-16)21(23,24)25)33-20-29-28-18(12-6-7-12)30(20)14-4-2-1-3-5-14/h1-5,8-12H,6-7H2. The van der Waals surface area contributed by atoms with Gasteiger partial charge in [-0.3, -0.25) is 9.36 Å². The minimum Gasteiger partial charge on any atom is -0.274 e. The maximum absolute atomic E-state index is 12.8. The van der Waals surface area contributed by atoms with E-state index < -0.39 is 17.3 Å². The van der Waals surface area contributed by atoms with E-state index >= 15 is 0 Å². The third-order valence-electron chi connectivity index (χ3n) is 5.00. The average Bonchev–Trinajstić information content (AvgIpc) is 3.57. The minimum atomic E-state index is -4.53. The Bertz CT molecular complexity index is 1370. The van der Waals surface area contributed by atoms with Crippen LogP contribution in [0.5, 0.6) is 0 Å². The first-order valence-corrected chi connectivity index (χ1v) is 11.0. The molecule has 1 saturated carbocycles. The van der Waals surface area contributed by atoms with Crippen molar-refractivity contribution in [3.05, 3.63) is 81.6 Å². The molecule has 0 radical (unpaired) electrons. The van der Waals surface area contributed by atoms with Gasteiger partial charge in [0.15, 0.2) is 5.82 Å². The predicted octanol–water partition coefficient (Wildman–Crippen LogP) is 4.91. The van der Waals surface area contributed by atoms with Crippen LogP contribution in [-0.2, 0) is 6.18 Å². The second kappa shape index (κ2) is 8.31. The third kappa shape index (κ3) is 4.25. The lowest BCUT2D eigenvalue weighted by atomic mass is 10.3. The van der Waals surface area contributed by atoms with E-state index in [2.05, 4.69) is 20.3 Å². The summed E-state index contributed by atoms with van der Waals surface area (Å²) >= 11 is 7.46. The molecule has 0 N–H and O–H groups in total. The molecule has 1 aliphatic rings. The summed E-state index contributed by atoms with van der Waals surface area (Å²) in [5.41, 5.74) is -0.746. The van der Waals surface area contributed by atoms with Gasteiger partial charge in [0, 0.05) is 17.8 Å². The van der Waals surface area contributed by atoms with Crippen molar-refractivity contribution in [2.24, 2.45) is 0 Å². The van der Waals surface area contributed by atoms with Gasteiger partial charge in [0.05, 0.1) is 16.7 Å². The summed E-state index contributed by atoms with van der Waals surface area (Å²) in [6, 6.07) is 11.5. The number of benzene rings is 1. The molecule has 0 unspecified atom stereocenters. The van der Waals surface area contributed by atoms with Crippen LogP contribution in [0.15, 0.2) is 69.7 Å². The van der Waals surface area contributed by atoms with Crippen LogP contribution in [0.2, 0.25) is 5.02 Å². The van der Waals surface area contributed by atoms with Gasteiger partial charge >= 0.3 is 6.18 Å². The van der Waals surface area contributed by atoms with Crippen molar-refractivity contribution >= 4 is 23.4 Å². The molecule has 7 nitrogen and oxygen atoms in total. The van der Waals surface area contributed by atoms with Crippen LogP contribution in [-0.4, -0.2) is 29.5 Å². The summed E-state index contributed by atoms with van der Waals surface area (Å²) in [7, 11) is 0. The van der Waals surface area contributed by atoms with Crippen molar-refractivity contribution in [2.75, 3.05) is 0 Å². The molecule has 1 aromatic carbocycles. The van der Waals surface area contributed by atoms with Crippen LogP contribution >= 0.6 is 23.4 Å². The Kier molecular flexibility index (Phi) is 5.45. The van der Waals surface area contributed by atoms with Gasteiger partial charge in [0.25, 0.3) is 5.56 Å². The molecule has 1 fully saturated rings. The number of rotatable bonds is 5. The summed E-state index contributed by atoms with van der Waals surface area (Å²) in [6.45, 7) is 0. The predicted molar refractivity (Wildman–Crippen MR) is 115 cm³/mol. The van der Waals surface area contributed by atoms with E-state index in [-0.39, 0.29) is 10.8 Å². The van der Waals surface area contributed by atoms with Gasteiger partial charge in [-0.2, -0.15) is 23.0 Å². The molecule has 3 aromatic heterocycles. The molecule has 3 heterocycles. The second-order valence-electron chi connectivity index (χ2n) is 7.33. The number of nitrogens with zero attached hydrogens (tertiary/aromatic N) is 6. The Labute approximate surface area is 194 Å². The SMILES string of the molecule is O=c1c(Cl)c(Sc2nnc(C3CC3)n2-c2ccccc2)cnn1-c1ccc(C(F)(F)F)cn1. The van der Waals surface area contributed by atoms with Crippen molar-refractivity contribution in [2.45, 2.75) is 35.0 Å². The molecule has 0 bridgehead atoms. The fourth-order valence-corrected chi connectivity index (χ4v) is 4.29. The molecule has 33 heavy (non-hydrogen) atoms. The molecule has 0 aliphatic heterocycles. The van der Waals surface area contributed by atoms with Crippen molar-refractivity contribution in [3.63, 3.8) is 0 Å². The third-order valence-corrected chi connectivity index (χ3v) is 6.45. The lowest BCUT2D eigenvalue weighted by Gasteiger charge is -2.11.